The maximum absolute atomic E-state index is 10.6. The van der Waals surface area contributed by atoms with Gasteiger partial charge in [0, 0.05) is 25.9 Å². The first-order valence-corrected chi connectivity index (χ1v) is 6.39. The summed E-state index contributed by atoms with van der Waals surface area (Å²) in [6.07, 6.45) is 3.94. The normalized spacial score (nSPS) is 13.8. The Hall–Kier alpha value is -2.01. The summed E-state index contributed by atoms with van der Waals surface area (Å²) in [7, 11) is 5.06. The predicted molar refractivity (Wildman–Crippen MR) is 76.0 cm³/mol. The number of aryl methyl sites for hydroxylation is 1. The van der Waals surface area contributed by atoms with Crippen LogP contribution in [0.1, 0.15) is 18.3 Å². The minimum absolute atomic E-state index is 0.443. The number of imidazole rings is 1. The second-order valence-corrected chi connectivity index (χ2v) is 5.00. The zero-order valence-corrected chi connectivity index (χ0v) is 12.3. The van der Waals surface area contributed by atoms with E-state index in [9.17, 15) is 5.11 Å². The van der Waals surface area contributed by atoms with E-state index < -0.39 is 5.60 Å². The molecule has 20 heavy (non-hydrogen) atoms. The van der Waals surface area contributed by atoms with Crippen molar-refractivity contribution >= 4 is 0 Å². The minimum atomic E-state index is -1.04. The molecule has 1 unspecified atom stereocenters. The second-order valence-electron chi connectivity index (χ2n) is 5.00. The van der Waals surface area contributed by atoms with Crippen molar-refractivity contribution in [3.8, 4) is 11.5 Å². The Bertz CT molecular complexity index is 591. The molecule has 1 N–H and O–H groups in total. The highest BCUT2D eigenvalue weighted by molar-refractivity contribution is 5.43. The molecule has 1 atom stereocenters. The van der Waals surface area contributed by atoms with Crippen LogP contribution in [0.3, 0.4) is 0 Å². The monoisotopic (exact) mass is 276 g/mol. The molecule has 0 spiro atoms. The quantitative estimate of drug-likeness (QED) is 0.906. The molecule has 0 radical (unpaired) electrons. The van der Waals surface area contributed by atoms with Crippen LogP contribution in [-0.2, 0) is 19.1 Å². The highest BCUT2D eigenvalue weighted by Crippen LogP contribution is 2.31. The Morgan fingerprint density at radius 1 is 1.25 bits per heavy atom. The third-order valence-corrected chi connectivity index (χ3v) is 3.30. The molecule has 0 saturated heterocycles. The van der Waals surface area contributed by atoms with E-state index in [1.54, 1.807) is 27.3 Å². The summed E-state index contributed by atoms with van der Waals surface area (Å²) in [4.78, 5) is 4.22. The van der Waals surface area contributed by atoms with E-state index in [4.69, 9.17) is 9.47 Å². The second kappa shape index (κ2) is 5.54. The van der Waals surface area contributed by atoms with Crippen molar-refractivity contribution in [3.05, 3.63) is 42.0 Å². The Morgan fingerprint density at radius 2 is 1.95 bits per heavy atom. The highest BCUT2D eigenvalue weighted by Gasteiger charge is 2.28. The van der Waals surface area contributed by atoms with Gasteiger partial charge in [0.1, 0.15) is 11.4 Å². The molecular formula is C15H20N2O3. The lowest BCUT2D eigenvalue weighted by Crippen LogP contribution is -2.28. The third kappa shape index (κ3) is 2.77. The Labute approximate surface area is 118 Å². The van der Waals surface area contributed by atoms with Crippen LogP contribution < -0.4 is 9.47 Å². The third-order valence-electron chi connectivity index (χ3n) is 3.30. The van der Waals surface area contributed by atoms with Crippen LogP contribution in [0, 0.1) is 0 Å². The van der Waals surface area contributed by atoms with Crippen LogP contribution in [0.15, 0.2) is 30.6 Å². The Balaban J connectivity index is 2.27. The van der Waals surface area contributed by atoms with Gasteiger partial charge < -0.3 is 19.1 Å². The number of aromatic nitrogens is 2. The fourth-order valence-electron chi connectivity index (χ4n) is 2.35. The number of ether oxygens (including phenoxy) is 2. The highest BCUT2D eigenvalue weighted by atomic mass is 16.5. The van der Waals surface area contributed by atoms with Crippen LogP contribution in [0.2, 0.25) is 0 Å². The molecule has 0 amide bonds. The summed E-state index contributed by atoms with van der Waals surface area (Å²) in [6.45, 7) is 1.76. The summed E-state index contributed by atoms with van der Waals surface area (Å²) in [5, 5.41) is 10.6. The smallest absolute Gasteiger partial charge is 0.160 e. The molecule has 0 aliphatic heterocycles. The lowest BCUT2D eigenvalue weighted by atomic mass is 9.95. The maximum atomic E-state index is 10.6. The van der Waals surface area contributed by atoms with Crippen molar-refractivity contribution in [1.82, 2.24) is 9.55 Å². The molecule has 108 valence electrons. The lowest BCUT2D eigenvalue weighted by molar-refractivity contribution is 0.0453. The first-order chi connectivity index (χ1) is 9.47. The van der Waals surface area contributed by atoms with Gasteiger partial charge in [0.2, 0.25) is 0 Å². The largest absolute Gasteiger partial charge is 0.493 e. The van der Waals surface area contributed by atoms with Gasteiger partial charge in [0.25, 0.3) is 0 Å². The Morgan fingerprint density at radius 3 is 2.50 bits per heavy atom. The predicted octanol–water partition coefficient (Wildman–Crippen LogP) is 1.89. The van der Waals surface area contributed by atoms with Crippen LogP contribution in [0.5, 0.6) is 11.5 Å². The van der Waals surface area contributed by atoms with Gasteiger partial charge in [-0.15, -0.1) is 0 Å². The number of benzene rings is 1. The van der Waals surface area contributed by atoms with Crippen molar-refractivity contribution in [2.24, 2.45) is 7.05 Å². The number of hydrogen-bond donors (Lipinski definition) is 1. The summed E-state index contributed by atoms with van der Waals surface area (Å²) in [5.41, 5.74) is -0.0895. The van der Waals surface area contributed by atoms with Crippen LogP contribution in [-0.4, -0.2) is 28.9 Å². The molecule has 5 heteroatoms. The molecule has 1 heterocycles. The summed E-state index contributed by atoms with van der Waals surface area (Å²) < 4.78 is 12.3. The maximum Gasteiger partial charge on any atom is 0.160 e. The fraction of sp³-hybridized carbons (Fsp3) is 0.400. The van der Waals surface area contributed by atoms with Gasteiger partial charge in [-0.2, -0.15) is 0 Å². The number of methoxy groups -OCH3 is 2. The van der Waals surface area contributed by atoms with Gasteiger partial charge in [0.05, 0.1) is 14.2 Å². The first-order valence-electron chi connectivity index (χ1n) is 6.39. The zero-order valence-electron chi connectivity index (χ0n) is 12.3. The van der Waals surface area contributed by atoms with E-state index in [0.29, 0.717) is 23.7 Å². The van der Waals surface area contributed by atoms with E-state index in [0.717, 1.165) is 5.56 Å². The molecular weight excluding hydrogens is 256 g/mol. The minimum Gasteiger partial charge on any atom is -0.493 e. The molecule has 0 fully saturated rings. The van der Waals surface area contributed by atoms with Crippen LogP contribution >= 0.6 is 0 Å². The van der Waals surface area contributed by atoms with Gasteiger partial charge in [-0.25, -0.2) is 4.98 Å². The lowest BCUT2D eigenvalue weighted by Gasteiger charge is -2.23. The summed E-state index contributed by atoms with van der Waals surface area (Å²) in [6, 6.07) is 5.62. The van der Waals surface area contributed by atoms with E-state index >= 15 is 0 Å². The van der Waals surface area contributed by atoms with Crippen molar-refractivity contribution in [2.75, 3.05) is 14.2 Å². The molecule has 2 aromatic rings. The van der Waals surface area contributed by atoms with Gasteiger partial charge in [-0.05, 0) is 24.6 Å². The number of aliphatic hydroxyl groups is 1. The Kier molecular flexibility index (Phi) is 3.99. The topological polar surface area (TPSA) is 56.5 Å². The summed E-state index contributed by atoms with van der Waals surface area (Å²) in [5.74, 6) is 1.96. The van der Waals surface area contributed by atoms with E-state index in [2.05, 4.69) is 4.98 Å². The molecule has 0 aliphatic rings. The van der Waals surface area contributed by atoms with Crippen molar-refractivity contribution in [2.45, 2.75) is 18.9 Å². The number of nitrogens with zero attached hydrogens (tertiary/aromatic N) is 2. The van der Waals surface area contributed by atoms with Gasteiger partial charge >= 0.3 is 0 Å². The molecule has 1 aromatic carbocycles. The first kappa shape index (κ1) is 14.4. The van der Waals surface area contributed by atoms with Gasteiger partial charge in [0.15, 0.2) is 11.5 Å². The van der Waals surface area contributed by atoms with Crippen molar-refractivity contribution in [1.29, 1.82) is 0 Å². The molecule has 0 saturated carbocycles. The average Bonchev–Trinajstić information content (AvgIpc) is 2.85. The molecule has 0 aliphatic carbocycles. The fourth-order valence-corrected chi connectivity index (χ4v) is 2.35. The average molecular weight is 276 g/mol. The molecule has 0 bridgehead atoms. The van der Waals surface area contributed by atoms with Crippen LogP contribution in [0.4, 0.5) is 0 Å². The molecule has 1 aromatic heterocycles. The molecule has 5 nitrogen and oxygen atoms in total. The standard InChI is InChI=1S/C15H20N2O3/c1-15(18,14-16-7-8-17(14)2)10-11-5-6-12(19-3)13(9-11)20-4/h5-9,18H,10H2,1-4H3. The van der Waals surface area contributed by atoms with E-state index in [1.165, 1.54) is 0 Å². The van der Waals surface area contributed by atoms with Crippen LogP contribution in [0.25, 0.3) is 0 Å². The number of hydrogen-bond acceptors (Lipinski definition) is 4. The van der Waals surface area contributed by atoms with E-state index in [1.807, 2.05) is 36.0 Å². The number of rotatable bonds is 5. The van der Waals surface area contributed by atoms with Crippen molar-refractivity contribution in [3.63, 3.8) is 0 Å². The van der Waals surface area contributed by atoms with Gasteiger partial charge in [-0.1, -0.05) is 6.07 Å². The van der Waals surface area contributed by atoms with E-state index in [-0.39, 0.29) is 0 Å². The molecule has 2 rings (SSSR count). The summed E-state index contributed by atoms with van der Waals surface area (Å²) >= 11 is 0. The van der Waals surface area contributed by atoms with Gasteiger partial charge in [-0.3, -0.25) is 0 Å². The van der Waals surface area contributed by atoms with Crippen molar-refractivity contribution < 1.29 is 14.6 Å². The zero-order chi connectivity index (χ0) is 14.8. The SMILES string of the molecule is COc1ccc(CC(C)(O)c2nccn2C)cc1OC.